The van der Waals surface area contributed by atoms with E-state index in [0.717, 1.165) is 132 Å². The molecule has 352 valence electrons. The lowest BCUT2D eigenvalue weighted by molar-refractivity contribution is 0.313. The van der Waals surface area contributed by atoms with Crippen molar-refractivity contribution < 1.29 is 0 Å². The van der Waals surface area contributed by atoms with Gasteiger partial charge < -0.3 is 40.9 Å². The van der Waals surface area contributed by atoms with Gasteiger partial charge in [0.1, 0.15) is 12.0 Å². The van der Waals surface area contributed by atoms with Crippen molar-refractivity contribution in [2.75, 3.05) is 87.7 Å². The van der Waals surface area contributed by atoms with E-state index in [1.54, 1.807) is 12.3 Å². The van der Waals surface area contributed by atoms with Crippen LogP contribution in [0, 0.1) is 6.57 Å². The molecular formula is C58H55N13. The molecule has 4 aliphatic rings. The predicted molar refractivity (Wildman–Crippen MR) is 292 cm³/mol. The maximum Gasteiger partial charge on any atom is 0.270 e. The first kappa shape index (κ1) is 45.0. The highest BCUT2D eigenvalue weighted by Crippen LogP contribution is 2.36. The van der Waals surface area contributed by atoms with Gasteiger partial charge in [0.15, 0.2) is 0 Å². The zero-order valence-electron chi connectivity index (χ0n) is 40.1. The number of imidazole rings is 1. The summed E-state index contributed by atoms with van der Waals surface area (Å²) in [6.45, 7) is 15.5. The molecule has 0 spiro atoms. The van der Waals surface area contributed by atoms with Gasteiger partial charge in [0.25, 0.3) is 5.82 Å². The summed E-state index contributed by atoms with van der Waals surface area (Å²) in [7, 11) is 4.36. The Morgan fingerprint density at radius 3 is 1.80 bits per heavy atom. The number of aromatic nitrogens is 4. The Kier molecular flexibility index (Phi) is 12.4. The molecule has 3 aromatic heterocycles. The van der Waals surface area contributed by atoms with Gasteiger partial charge in [-0.3, -0.25) is 15.0 Å². The van der Waals surface area contributed by atoms with E-state index in [9.17, 15) is 0 Å². The number of nitrogens with one attached hydrogen (secondary N) is 1. The quantitative estimate of drug-likeness (QED) is 0.113. The van der Waals surface area contributed by atoms with Crippen LogP contribution in [-0.2, 0) is 12.8 Å². The Labute approximate surface area is 413 Å². The van der Waals surface area contributed by atoms with Gasteiger partial charge in [-0.2, -0.15) is 0 Å². The van der Waals surface area contributed by atoms with Crippen LogP contribution in [0.2, 0.25) is 0 Å². The number of H-pyrrole nitrogens is 1. The minimum absolute atomic E-state index is 0.453. The third-order valence-electron chi connectivity index (χ3n) is 13.9. The van der Waals surface area contributed by atoms with Crippen LogP contribution in [0.15, 0.2) is 156 Å². The van der Waals surface area contributed by atoms with Gasteiger partial charge in [-0.1, -0.05) is 61.2 Å². The number of nitrogen functional groups attached to an aromatic ring is 2. The van der Waals surface area contributed by atoms with Crippen molar-refractivity contribution in [3.63, 3.8) is 0 Å². The molecule has 13 nitrogen and oxygen atoms in total. The van der Waals surface area contributed by atoms with Gasteiger partial charge in [-0.15, -0.1) is 4.98 Å². The van der Waals surface area contributed by atoms with Crippen LogP contribution in [0.5, 0.6) is 0 Å². The number of hydrogen-bond donors (Lipinski definition) is 3. The van der Waals surface area contributed by atoms with E-state index >= 15 is 0 Å². The summed E-state index contributed by atoms with van der Waals surface area (Å²) < 4.78 is 0. The molecular weight excluding hydrogens is 879 g/mol. The number of benzene rings is 6. The van der Waals surface area contributed by atoms with Gasteiger partial charge in [-0.25, -0.2) is 4.98 Å². The van der Waals surface area contributed by atoms with Crippen LogP contribution in [0.4, 0.5) is 39.9 Å². The molecule has 0 radical (unpaired) electrons. The second-order valence-corrected chi connectivity index (χ2v) is 18.8. The molecule has 0 amide bonds. The first-order valence-corrected chi connectivity index (χ1v) is 24.2. The first-order valence-electron chi connectivity index (χ1n) is 24.2. The molecule has 13 heteroatoms. The number of fused-ring (bicyclic) bond motifs is 5. The van der Waals surface area contributed by atoms with E-state index in [2.05, 4.69) is 137 Å². The topological polar surface area (TPSA) is 149 Å². The number of anilines is 4. The lowest BCUT2D eigenvalue weighted by atomic mass is 9.99. The molecule has 6 aromatic carbocycles. The van der Waals surface area contributed by atoms with Crippen molar-refractivity contribution in [1.82, 2.24) is 29.7 Å². The van der Waals surface area contributed by atoms with Crippen LogP contribution < -0.4 is 21.3 Å². The summed E-state index contributed by atoms with van der Waals surface area (Å²) >= 11 is 0. The van der Waals surface area contributed by atoms with E-state index in [1.807, 2.05) is 54.7 Å². The molecule has 0 saturated carbocycles. The summed E-state index contributed by atoms with van der Waals surface area (Å²) in [5, 5.41) is 4.50. The second kappa shape index (κ2) is 19.5. The summed E-state index contributed by atoms with van der Waals surface area (Å²) in [5.74, 6) is 1.26. The minimum atomic E-state index is 0.453. The highest BCUT2D eigenvalue weighted by Gasteiger charge is 2.23. The van der Waals surface area contributed by atoms with Crippen LogP contribution in [0.25, 0.3) is 48.8 Å². The molecule has 9 aromatic rings. The number of hydrogen-bond acceptors (Lipinski definition) is 11. The van der Waals surface area contributed by atoms with Gasteiger partial charge in [0, 0.05) is 99.1 Å². The number of pyridine rings is 2. The number of piperazine rings is 2. The van der Waals surface area contributed by atoms with Crippen molar-refractivity contribution >= 4 is 83.9 Å². The van der Waals surface area contributed by atoms with Gasteiger partial charge in [0.05, 0.1) is 50.9 Å². The number of aromatic amines is 1. The van der Waals surface area contributed by atoms with Crippen molar-refractivity contribution in [2.45, 2.75) is 12.8 Å². The minimum Gasteiger partial charge on any atom is -0.397 e. The van der Waals surface area contributed by atoms with Crippen LogP contribution >= 0.6 is 0 Å². The Balaban J connectivity index is 0.000000131. The monoisotopic (exact) mass is 933 g/mol. The molecule has 13 rings (SSSR count). The molecule has 0 bridgehead atoms. The van der Waals surface area contributed by atoms with E-state index in [4.69, 9.17) is 28.0 Å². The van der Waals surface area contributed by atoms with E-state index in [0.29, 0.717) is 17.2 Å². The van der Waals surface area contributed by atoms with E-state index in [1.165, 1.54) is 33.5 Å². The van der Waals surface area contributed by atoms with Gasteiger partial charge in [0.2, 0.25) is 0 Å². The Morgan fingerprint density at radius 2 is 1.11 bits per heavy atom. The van der Waals surface area contributed by atoms with Crippen LogP contribution in [0.3, 0.4) is 0 Å². The highest BCUT2D eigenvalue weighted by atomic mass is 15.3. The van der Waals surface area contributed by atoms with Crippen molar-refractivity contribution in [2.24, 2.45) is 9.98 Å². The zero-order valence-corrected chi connectivity index (χ0v) is 40.1. The molecule has 2 saturated heterocycles. The Morgan fingerprint density at radius 1 is 0.535 bits per heavy atom. The maximum absolute atomic E-state index is 6.78. The molecule has 7 heterocycles. The average Bonchev–Trinajstić information content (AvgIpc) is 4.17. The number of nitrogens with zero attached hydrogens (tertiary/aromatic N) is 10. The molecule has 5 N–H and O–H groups in total. The van der Waals surface area contributed by atoms with Crippen molar-refractivity contribution in [1.29, 1.82) is 0 Å². The smallest absolute Gasteiger partial charge is 0.270 e. The van der Waals surface area contributed by atoms with Crippen LogP contribution in [-0.4, -0.2) is 108 Å². The highest BCUT2D eigenvalue weighted by molar-refractivity contribution is 6.10. The standard InChI is InChI=1S/C30H27N5.C18H22N6.C10H6N2/c1-34-10-12-35(13-11-34)25-7-9-27-24(15-25)17-28(32-27)21-6-8-26-23(14-21)18-30(33-26)29-16-20-4-2-3-5-22(20)19-31-29;1-23-6-8-24(9-7-23)13-3-5-16-17(11-13)22-18(21-16)12-2-4-14(19)15(20)10-12;1-11-10-6-8-4-2-3-5-9(8)7-12-10/h2-9,14-16,19H,10-13,17-18H2,1H3;2-5,10-11H,6-9,19-20H2,1H3,(H,21,22);2-7H. The number of likely N-dealkylation sites (N-methyl/N-ethyl adjacent to an activating group) is 2. The predicted octanol–water partition coefficient (Wildman–Crippen LogP) is 10.3. The zero-order chi connectivity index (χ0) is 48.4. The molecule has 0 aliphatic carbocycles. The second-order valence-electron chi connectivity index (χ2n) is 18.8. The van der Waals surface area contributed by atoms with Crippen molar-refractivity contribution in [3.05, 3.63) is 180 Å². The Hall–Kier alpha value is -8.44. The SMILES string of the molecule is CN1CCN(c2ccc3c(c2)CC(c2ccc4c(c2)CC(c2cc5ccccc5cn2)=N4)=N3)CC1.CN1CCN(c2ccc3nc(-c4ccc(N)c(N)c4)[nH]c3c2)CC1.[C-]#[N+]c1cc2ccccc2cn1. The molecule has 4 aliphatic heterocycles. The fourth-order valence-corrected chi connectivity index (χ4v) is 9.64. The summed E-state index contributed by atoms with van der Waals surface area (Å²) in [6, 6.07) is 45.5. The number of aliphatic imine (C=N–C) groups is 2. The molecule has 71 heavy (non-hydrogen) atoms. The molecule has 2 fully saturated rings. The number of nitrogens with two attached hydrogens (primary N) is 2. The summed E-state index contributed by atoms with van der Waals surface area (Å²) in [4.78, 5) is 39.6. The first-order chi connectivity index (χ1) is 34.7. The normalized spacial score (nSPS) is 15.6. The summed E-state index contributed by atoms with van der Waals surface area (Å²) in [5.41, 5.74) is 27.4. The largest absolute Gasteiger partial charge is 0.397 e. The van der Waals surface area contributed by atoms with E-state index in [-0.39, 0.29) is 0 Å². The van der Waals surface area contributed by atoms with Crippen LogP contribution in [0.1, 0.15) is 22.4 Å². The third-order valence-corrected chi connectivity index (χ3v) is 13.9. The van der Waals surface area contributed by atoms with Gasteiger partial charge >= 0.3 is 0 Å². The fraction of sp³-hybridized carbons (Fsp3) is 0.207. The lowest BCUT2D eigenvalue weighted by Gasteiger charge is -2.34. The molecule has 0 atom stereocenters. The maximum atomic E-state index is 6.78. The average molecular weight is 934 g/mol. The van der Waals surface area contributed by atoms with E-state index < -0.39 is 0 Å². The number of rotatable bonds is 5. The summed E-state index contributed by atoms with van der Waals surface area (Å²) in [6.07, 6.45) is 5.36. The lowest BCUT2D eigenvalue weighted by Crippen LogP contribution is -2.44. The fourth-order valence-electron chi connectivity index (χ4n) is 9.64. The third kappa shape index (κ3) is 9.76. The Bertz CT molecular complexity index is 3550. The van der Waals surface area contributed by atoms with Crippen molar-refractivity contribution in [3.8, 4) is 11.4 Å². The molecule has 0 unspecified atom stereocenters. The van der Waals surface area contributed by atoms with Gasteiger partial charge in [-0.05, 0) is 120 Å².